The third-order valence-electron chi connectivity index (χ3n) is 6.23. The number of pyridine rings is 1. The molecule has 178 valence electrons. The number of carbonyl (C=O) groups is 2. The van der Waals surface area contributed by atoms with Crippen molar-refractivity contribution >= 4 is 28.3 Å². The van der Waals surface area contributed by atoms with Gasteiger partial charge in [0.2, 0.25) is 0 Å². The zero-order valence-corrected chi connectivity index (χ0v) is 19.3. The fraction of sp³-hybridized carbons (Fsp3) is 0.269. The summed E-state index contributed by atoms with van der Waals surface area (Å²) in [5.41, 5.74) is 2.09. The van der Waals surface area contributed by atoms with Crippen LogP contribution in [0.1, 0.15) is 45.7 Å². The van der Waals surface area contributed by atoms with Gasteiger partial charge in [-0.3, -0.25) is 9.59 Å². The van der Waals surface area contributed by atoms with Gasteiger partial charge in [0.15, 0.2) is 5.69 Å². The molecule has 1 unspecified atom stereocenters. The number of benzene rings is 2. The van der Waals surface area contributed by atoms with Gasteiger partial charge in [-0.05, 0) is 53.9 Å². The highest BCUT2D eigenvalue weighted by Crippen LogP contribution is 2.25. The number of amides is 2. The molecule has 3 heterocycles. The van der Waals surface area contributed by atoms with E-state index in [4.69, 9.17) is 0 Å². The van der Waals surface area contributed by atoms with Crippen LogP contribution in [-0.4, -0.2) is 50.9 Å². The molecule has 0 spiro atoms. The molecule has 2 aromatic heterocycles. The molecule has 0 saturated carbocycles. The maximum Gasteiger partial charge on any atom is 0.272 e. The molecule has 1 fully saturated rings. The van der Waals surface area contributed by atoms with Crippen molar-refractivity contribution in [1.29, 1.82) is 0 Å². The van der Waals surface area contributed by atoms with Crippen molar-refractivity contribution in [3.8, 4) is 0 Å². The quantitative estimate of drug-likeness (QED) is 0.383. The zero-order valence-electron chi connectivity index (χ0n) is 19.3. The Morgan fingerprint density at radius 1 is 0.943 bits per heavy atom. The average Bonchev–Trinajstić information content (AvgIpc) is 3.41. The molecule has 3 N–H and O–H groups in total. The summed E-state index contributed by atoms with van der Waals surface area (Å²) in [6, 6.07) is 15.1. The second-order valence-electron chi connectivity index (χ2n) is 8.59. The van der Waals surface area contributed by atoms with Gasteiger partial charge in [-0.15, -0.1) is 0 Å². The maximum atomic E-state index is 13.3. The summed E-state index contributed by atoms with van der Waals surface area (Å²) < 4.78 is 0. The Balaban J connectivity index is 1.35. The van der Waals surface area contributed by atoms with E-state index in [0.29, 0.717) is 24.3 Å². The van der Waals surface area contributed by atoms with Crippen molar-refractivity contribution < 1.29 is 9.59 Å². The first-order valence-electron chi connectivity index (χ1n) is 11.8. The Labute approximate surface area is 202 Å². The number of piperidine rings is 1. The van der Waals surface area contributed by atoms with Gasteiger partial charge < -0.3 is 16.0 Å². The first-order chi connectivity index (χ1) is 17.2. The Hall–Kier alpha value is -4.11. The Morgan fingerprint density at radius 3 is 2.57 bits per heavy atom. The fourth-order valence-electron chi connectivity index (χ4n) is 4.45. The molecule has 1 aliphatic rings. The van der Waals surface area contributed by atoms with Crippen molar-refractivity contribution in [3.63, 3.8) is 0 Å². The molecule has 1 saturated heterocycles. The number of nitrogens with zero attached hydrogens (tertiary/aromatic N) is 4. The highest BCUT2D eigenvalue weighted by atomic mass is 16.2. The summed E-state index contributed by atoms with van der Waals surface area (Å²) in [4.78, 5) is 32.0. The monoisotopic (exact) mass is 469 g/mol. The standard InChI is InChI=1S/C26H27N7O2/c34-25(22-11-10-18(17-33-30-14-15-31-33)20-7-1-2-8-21(20)22)32-23-9-5-13-28-24(23)26(35)29-16-19-6-3-4-12-27-19/h1-2,5,7-11,13-15,19,27H,3-4,6,12,16-17H2,(H,29,35)(H,32,34). The molecule has 2 aromatic carbocycles. The van der Waals surface area contributed by atoms with Crippen LogP contribution in [0.2, 0.25) is 0 Å². The maximum absolute atomic E-state index is 13.3. The first kappa shape index (κ1) is 22.7. The smallest absolute Gasteiger partial charge is 0.272 e. The number of nitrogens with one attached hydrogen (secondary N) is 3. The van der Waals surface area contributed by atoms with E-state index >= 15 is 0 Å². The first-order valence-corrected chi connectivity index (χ1v) is 11.8. The summed E-state index contributed by atoms with van der Waals surface area (Å²) in [5, 5.41) is 19.4. The molecular weight excluding hydrogens is 442 g/mol. The minimum Gasteiger partial charge on any atom is -0.349 e. The predicted molar refractivity (Wildman–Crippen MR) is 133 cm³/mol. The molecular formula is C26H27N7O2. The van der Waals surface area contributed by atoms with Crippen molar-refractivity contribution in [3.05, 3.63) is 83.9 Å². The molecule has 1 atom stereocenters. The van der Waals surface area contributed by atoms with Crippen molar-refractivity contribution in [2.24, 2.45) is 0 Å². The van der Waals surface area contributed by atoms with Crippen LogP contribution in [0.15, 0.2) is 67.1 Å². The van der Waals surface area contributed by atoms with Crippen LogP contribution in [0.4, 0.5) is 5.69 Å². The molecule has 2 amide bonds. The van der Waals surface area contributed by atoms with E-state index in [1.807, 2.05) is 30.3 Å². The summed E-state index contributed by atoms with van der Waals surface area (Å²) in [6.45, 7) is 1.99. The van der Waals surface area contributed by atoms with Crippen molar-refractivity contribution in [2.45, 2.75) is 31.8 Å². The van der Waals surface area contributed by atoms with Crippen LogP contribution >= 0.6 is 0 Å². The largest absolute Gasteiger partial charge is 0.349 e. The lowest BCUT2D eigenvalue weighted by Gasteiger charge is -2.23. The van der Waals surface area contributed by atoms with Gasteiger partial charge in [0, 0.05) is 24.3 Å². The fourth-order valence-corrected chi connectivity index (χ4v) is 4.45. The second kappa shape index (κ2) is 10.4. The van der Waals surface area contributed by atoms with Gasteiger partial charge in [0.05, 0.1) is 24.6 Å². The second-order valence-corrected chi connectivity index (χ2v) is 8.59. The molecule has 9 heteroatoms. The number of rotatable bonds is 7. The number of hydrogen-bond acceptors (Lipinski definition) is 6. The molecule has 4 aromatic rings. The van der Waals surface area contributed by atoms with Crippen LogP contribution in [0, 0.1) is 0 Å². The zero-order chi connectivity index (χ0) is 24.0. The molecule has 0 radical (unpaired) electrons. The minimum atomic E-state index is -0.305. The Morgan fingerprint density at radius 2 is 1.77 bits per heavy atom. The van der Waals surface area contributed by atoms with Gasteiger partial charge in [-0.1, -0.05) is 36.8 Å². The van der Waals surface area contributed by atoms with Crippen LogP contribution < -0.4 is 16.0 Å². The van der Waals surface area contributed by atoms with E-state index < -0.39 is 0 Å². The van der Waals surface area contributed by atoms with Gasteiger partial charge in [0.1, 0.15) is 0 Å². The summed E-state index contributed by atoms with van der Waals surface area (Å²) in [5.74, 6) is -0.610. The van der Waals surface area contributed by atoms with Crippen LogP contribution in [0.25, 0.3) is 10.8 Å². The van der Waals surface area contributed by atoms with Gasteiger partial charge in [0.25, 0.3) is 11.8 Å². The van der Waals surface area contributed by atoms with Crippen LogP contribution in [0.3, 0.4) is 0 Å². The Bertz CT molecular complexity index is 1330. The van der Waals surface area contributed by atoms with Gasteiger partial charge in [-0.25, -0.2) is 4.98 Å². The summed E-state index contributed by atoms with van der Waals surface area (Å²) >= 11 is 0. The molecule has 0 aliphatic carbocycles. The number of carbonyl (C=O) groups excluding carboxylic acids is 2. The van der Waals surface area contributed by atoms with E-state index in [1.165, 1.54) is 0 Å². The summed E-state index contributed by atoms with van der Waals surface area (Å²) in [6.07, 6.45) is 8.18. The highest BCUT2D eigenvalue weighted by Gasteiger charge is 2.19. The molecule has 35 heavy (non-hydrogen) atoms. The van der Waals surface area contributed by atoms with E-state index in [2.05, 4.69) is 31.1 Å². The van der Waals surface area contributed by atoms with E-state index in [0.717, 1.165) is 42.1 Å². The van der Waals surface area contributed by atoms with Crippen LogP contribution in [-0.2, 0) is 6.54 Å². The topological polar surface area (TPSA) is 114 Å². The highest BCUT2D eigenvalue weighted by molar-refractivity contribution is 6.15. The van der Waals surface area contributed by atoms with E-state index in [9.17, 15) is 9.59 Å². The molecule has 9 nitrogen and oxygen atoms in total. The number of aromatic nitrogens is 4. The molecule has 1 aliphatic heterocycles. The average molecular weight is 470 g/mol. The van der Waals surface area contributed by atoms with Gasteiger partial charge >= 0.3 is 0 Å². The number of hydrogen-bond donors (Lipinski definition) is 3. The van der Waals surface area contributed by atoms with E-state index in [-0.39, 0.29) is 23.6 Å². The lowest BCUT2D eigenvalue weighted by atomic mass is 9.99. The Kier molecular flexibility index (Phi) is 6.76. The third-order valence-corrected chi connectivity index (χ3v) is 6.23. The third kappa shape index (κ3) is 5.20. The molecule has 0 bridgehead atoms. The van der Waals surface area contributed by atoms with E-state index in [1.54, 1.807) is 41.6 Å². The summed E-state index contributed by atoms with van der Waals surface area (Å²) in [7, 11) is 0. The van der Waals surface area contributed by atoms with Crippen molar-refractivity contribution in [2.75, 3.05) is 18.4 Å². The SMILES string of the molecule is O=C(NCC1CCCCN1)c1ncccc1NC(=O)c1ccc(Cn2nccn2)c2ccccc12. The minimum absolute atomic E-state index is 0.197. The molecule has 5 rings (SSSR count). The predicted octanol–water partition coefficient (Wildman–Crippen LogP) is 3.00. The van der Waals surface area contributed by atoms with Gasteiger partial charge in [-0.2, -0.15) is 15.0 Å². The normalized spacial score (nSPS) is 15.6. The number of fused-ring (bicyclic) bond motifs is 1. The number of anilines is 1. The lowest BCUT2D eigenvalue weighted by molar-refractivity contribution is 0.0943. The van der Waals surface area contributed by atoms with Crippen LogP contribution in [0.5, 0.6) is 0 Å². The lowest BCUT2D eigenvalue weighted by Crippen LogP contribution is -2.43. The van der Waals surface area contributed by atoms with Crippen molar-refractivity contribution in [1.82, 2.24) is 30.6 Å².